The van der Waals surface area contributed by atoms with Crippen LogP contribution in [0.2, 0.25) is 0 Å². The van der Waals surface area contributed by atoms with Crippen LogP contribution in [0.3, 0.4) is 0 Å². The first kappa shape index (κ1) is 18.0. The average Bonchev–Trinajstić information content (AvgIpc) is 3.38. The van der Waals surface area contributed by atoms with Gasteiger partial charge in [-0.2, -0.15) is 4.98 Å². The van der Waals surface area contributed by atoms with Gasteiger partial charge in [0.05, 0.1) is 6.61 Å². The molecule has 8 nitrogen and oxygen atoms in total. The molecule has 1 aliphatic rings. The molecule has 0 spiro atoms. The average molecular weight is 381 g/mol. The van der Waals surface area contributed by atoms with Crippen LogP contribution in [0.25, 0.3) is 11.4 Å². The number of fused-ring (bicyclic) bond motifs is 1. The Morgan fingerprint density at radius 1 is 1.18 bits per heavy atom. The Balaban J connectivity index is 1.31. The molecule has 1 aromatic heterocycles. The monoisotopic (exact) mass is 381 g/mol. The topological polar surface area (TPSA) is 95.7 Å². The van der Waals surface area contributed by atoms with Crippen LogP contribution in [0.4, 0.5) is 0 Å². The summed E-state index contributed by atoms with van der Waals surface area (Å²) in [5.74, 6) is 1.79. The number of benzene rings is 2. The molecule has 0 unspecified atom stereocenters. The zero-order valence-corrected chi connectivity index (χ0v) is 15.3. The lowest BCUT2D eigenvalue weighted by atomic mass is 10.2. The van der Waals surface area contributed by atoms with E-state index in [4.69, 9.17) is 18.7 Å². The maximum atomic E-state index is 12.1. The SMILES string of the molecule is C[C@@H](NC(=O)COCc1ccccc1)c1nc(-c2ccc3c(c2)OCO3)no1. The van der Waals surface area contributed by atoms with Crippen molar-refractivity contribution in [1.82, 2.24) is 15.5 Å². The predicted molar refractivity (Wildman–Crippen MR) is 98.5 cm³/mol. The molecule has 8 heteroatoms. The molecular formula is C20H19N3O5. The van der Waals surface area contributed by atoms with Crippen LogP contribution >= 0.6 is 0 Å². The highest BCUT2D eigenvalue weighted by Crippen LogP contribution is 2.35. The number of nitrogens with one attached hydrogen (secondary N) is 1. The van der Waals surface area contributed by atoms with E-state index in [-0.39, 0.29) is 19.3 Å². The summed E-state index contributed by atoms with van der Waals surface area (Å²) < 4.78 is 21.4. The summed E-state index contributed by atoms with van der Waals surface area (Å²) in [4.78, 5) is 16.4. The van der Waals surface area contributed by atoms with Crippen LogP contribution in [-0.2, 0) is 16.1 Å². The molecule has 0 saturated carbocycles. The number of hydrogen-bond donors (Lipinski definition) is 1. The fourth-order valence-corrected chi connectivity index (χ4v) is 2.74. The molecule has 1 N–H and O–H groups in total. The second-order valence-electron chi connectivity index (χ2n) is 6.29. The Morgan fingerprint density at radius 3 is 2.86 bits per heavy atom. The van der Waals surface area contributed by atoms with Gasteiger partial charge in [-0.25, -0.2) is 0 Å². The van der Waals surface area contributed by atoms with Gasteiger partial charge in [-0.15, -0.1) is 0 Å². The fourth-order valence-electron chi connectivity index (χ4n) is 2.74. The summed E-state index contributed by atoms with van der Waals surface area (Å²) >= 11 is 0. The normalized spacial score (nSPS) is 13.3. The molecule has 0 bridgehead atoms. The smallest absolute Gasteiger partial charge is 0.249 e. The molecule has 0 aliphatic carbocycles. The lowest BCUT2D eigenvalue weighted by Gasteiger charge is -2.10. The molecule has 0 fully saturated rings. The molecule has 1 amide bonds. The third-order valence-corrected chi connectivity index (χ3v) is 4.17. The summed E-state index contributed by atoms with van der Waals surface area (Å²) in [6, 6.07) is 14.6. The maximum absolute atomic E-state index is 12.1. The fraction of sp³-hybridized carbons (Fsp3) is 0.250. The zero-order valence-electron chi connectivity index (χ0n) is 15.3. The second kappa shape index (κ2) is 8.10. The number of ether oxygens (including phenoxy) is 3. The van der Waals surface area contributed by atoms with Crippen LogP contribution in [0.1, 0.15) is 24.4 Å². The highest BCUT2D eigenvalue weighted by atomic mass is 16.7. The number of aromatic nitrogens is 2. The van der Waals surface area contributed by atoms with Crippen LogP contribution in [-0.4, -0.2) is 29.4 Å². The Hall–Kier alpha value is -3.39. The Bertz CT molecular complexity index is 957. The quantitative estimate of drug-likeness (QED) is 0.672. The van der Waals surface area contributed by atoms with Gasteiger partial charge in [-0.05, 0) is 30.7 Å². The zero-order chi connectivity index (χ0) is 19.3. The molecule has 0 radical (unpaired) electrons. The minimum atomic E-state index is -0.442. The van der Waals surface area contributed by atoms with Gasteiger partial charge in [0, 0.05) is 5.56 Å². The van der Waals surface area contributed by atoms with Crippen molar-refractivity contribution in [1.29, 1.82) is 0 Å². The first-order valence-corrected chi connectivity index (χ1v) is 8.84. The minimum absolute atomic E-state index is 0.0532. The maximum Gasteiger partial charge on any atom is 0.249 e. The van der Waals surface area contributed by atoms with Crippen molar-refractivity contribution >= 4 is 5.91 Å². The molecule has 1 aliphatic heterocycles. The molecular weight excluding hydrogens is 362 g/mol. The van der Waals surface area contributed by atoms with Gasteiger partial charge < -0.3 is 24.1 Å². The van der Waals surface area contributed by atoms with Crippen molar-refractivity contribution in [2.45, 2.75) is 19.6 Å². The summed E-state index contributed by atoms with van der Waals surface area (Å²) in [5, 5.41) is 6.76. The number of amides is 1. The summed E-state index contributed by atoms with van der Waals surface area (Å²) in [6.07, 6.45) is 0. The van der Waals surface area contributed by atoms with Crippen molar-refractivity contribution in [2.75, 3.05) is 13.4 Å². The van der Waals surface area contributed by atoms with Crippen molar-refractivity contribution in [3.63, 3.8) is 0 Å². The van der Waals surface area contributed by atoms with E-state index < -0.39 is 6.04 Å². The molecule has 3 aromatic rings. The van der Waals surface area contributed by atoms with Gasteiger partial charge in [-0.3, -0.25) is 4.79 Å². The van der Waals surface area contributed by atoms with Crippen molar-refractivity contribution in [2.24, 2.45) is 0 Å². The van der Waals surface area contributed by atoms with E-state index in [2.05, 4.69) is 15.5 Å². The minimum Gasteiger partial charge on any atom is -0.454 e. The van der Waals surface area contributed by atoms with Crippen molar-refractivity contribution in [3.05, 3.63) is 60.0 Å². The summed E-state index contributed by atoms with van der Waals surface area (Å²) in [5.41, 5.74) is 1.75. The lowest BCUT2D eigenvalue weighted by molar-refractivity contribution is -0.126. The van der Waals surface area contributed by atoms with Gasteiger partial charge in [0.2, 0.25) is 24.4 Å². The van der Waals surface area contributed by atoms with E-state index in [1.54, 1.807) is 19.1 Å². The molecule has 28 heavy (non-hydrogen) atoms. The third kappa shape index (κ3) is 4.12. The second-order valence-corrected chi connectivity index (χ2v) is 6.29. The van der Waals surface area contributed by atoms with Gasteiger partial charge >= 0.3 is 0 Å². The van der Waals surface area contributed by atoms with Crippen molar-refractivity contribution in [3.8, 4) is 22.9 Å². The van der Waals surface area contributed by atoms with Gasteiger partial charge in [0.25, 0.3) is 0 Å². The van der Waals surface area contributed by atoms with E-state index in [9.17, 15) is 4.79 Å². The number of carbonyl (C=O) groups excluding carboxylic acids is 1. The van der Waals surface area contributed by atoms with E-state index >= 15 is 0 Å². The first-order valence-electron chi connectivity index (χ1n) is 8.84. The third-order valence-electron chi connectivity index (χ3n) is 4.17. The molecule has 4 rings (SSSR count). The molecule has 1 atom stereocenters. The van der Waals surface area contributed by atoms with Crippen LogP contribution in [0, 0.1) is 0 Å². The summed E-state index contributed by atoms with van der Waals surface area (Å²) in [6.45, 7) is 2.29. The largest absolute Gasteiger partial charge is 0.454 e. The molecule has 2 aromatic carbocycles. The van der Waals surface area contributed by atoms with E-state index in [1.165, 1.54) is 0 Å². The Kier molecular flexibility index (Phi) is 5.20. The van der Waals surface area contributed by atoms with Gasteiger partial charge in [0.1, 0.15) is 12.6 Å². The van der Waals surface area contributed by atoms with E-state index in [1.807, 2.05) is 36.4 Å². The lowest BCUT2D eigenvalue weighted by Crippen LogP contribution is -2.30. The molecule has 2 heterocycles. The van der Waals surface area contributed by atoms with Crippen LogP contribution in [0.5, 0.6) is 11.5 Å². The Morgan fingerprint density at radius 2 is 2.00 bits per heavy atom. The number of rotatable bonds is 7. The Labute approximate surface area is 161 Å². The van der Waals surface area contributed by atoms with Gasteiger partial charge in [0.15, 0.2) is 11.5 Å². The number of nitrogens with zero attached hydrogens (tertiary/aromatic N) is 2. The van der Waals surface area contributed by atoms with E-state index in [0.29, 0.717) is 29.8 Å². The van der Waals surface area contributed by atoms with Crippen molar-refractivity contribution < 1.29 is 23.5 Å². The number of hydrogen-bond acceptors (Lipinski definition) is 7. The highest BCUT2D eigenvalue weighted by Gasteiger charge is 2.19. The van der Waals surface area contributed by atoms with Crippen LogP contribution in [0.15, 0.2) is 53.1 Å². The predicted octanol–water partition coefficient (Wildman–Crippen LogP) is 2.86. The van der Waals surface area contributed by atoms with Crippen LogP contribution < -0.4 is 14.8 Å². The summed E-state index contributed by atoms with van der Waals surface area (Å²) in [7, 11) is 0. The highest BCUT2D eigenvalue weighted by molar-refractivity contribution is 5.77. The molecule has 144 valence electrons. The van der Waals surface area contributed by atoms with E-state index in [0.717, 1.165) is 11.1 Å². The number of carbonyl (C=O) groups is 1. The molecule has 0 saturated heterocycles. The first-order chi connectivity index (χ1) is 13.7. The standard InChI is InChI=1S/C20H19N3O5/c1-13(21-18(24)11-25-10-14-5-3-2-4-6-14)20-22-19(23-28-20)15-7-8-16-17(9-15)27-12-26-16/h2-9,13H,10-12H2,1H3,(H,21,24)/t13-/m1/s1. The van der Waals surface area contributed by atoms with Gasteiger partial charge in [-0.1, -0.05) is 35.5 Å².